The van der Waals surface area contributed by atoms with Gasteiger partial charge in [-0.15, -0.1) is 0 Å². The highest BCUT2D eigenvalue weighted by atomic mass is 16.5. The number of nitrogens with two attached hydrogens (primary N) is 1. The number of aromatic nitrogens is 1. The molecule has 6 heteroatoms. The van der Waals surface area contributed by atoms with Crippen molar-refractivity contribution in [1.82, 2.24) is 4.98 Å². The van der Waals surface area contributed by atoms with Crippen LogP contribution in [0.15, 0.2) is 60.8 Å². The van der Waals surface area contributed by atoms with Crippen molar-refractivity contribution in [1.29, 1.82) is 0 Å². The minimum Gasteiger partial charge on any atom is -0.506 e. The molecule has 0 saturated heterocycles. The summed E-state index contributed by atoms with van der Waals surface area (Å²) in [4.78, 5) is 16.5. The number of nitrogens with zero attached hydrogens (tertiary/aromatic N) is 1. The standard InChI is InChI=1S/C30H32N2O4/c1-28-13-19-14-29(2,16-28)18-30(15-19,17-28)22-11-23(31)24(33)12-25(22)35-21-8-6-20(7-9-21)27(34)36-26-5-3-4-10-32-26/h3-12,19,33H,13-18,31H2,1-2H3. The summed E-state index contributed by atoms with van der Waals surface area (Å²) in [7, 11) is 0. The van der Waals surface area contributed by atoms with E-state index in [0.717, 1.165) is 24.8 Å². The van der Waals surface area contributed by atoms with Gasteiger partial charge >= 0.3 is 5.97 Å². The number of aromatic hydroxyl groups is 1. The lowest BCUT2D eigenvalue weighted by atomic mass is 9.39. The van der Waals surface area contributed by atoms with Gasteiger partial charge in [0.05, 0.1) is 11.3 Å². The molecule has 2 unspecified atom stereocenters. The first-order valence-corrected chi connectivity index (χ1v) is 12.7. The number of carbonyl (C=O) groups excluding carboxylic acids is 1. The molecule has 0 radical (unpaired) electrons. The Bertz CT molecular complexity index is 1300. The minimum absolute atomic E-state index is 0.00744. The summed E-state index contributed by atoms with van der Waals surface area (Å²) in [5, 5.41) is 10.5. The molecule has 7 rings (SSSR count). The predicted molar refractivity (Wildman–Crippen MR) is 137 cm³/mol. The lowest BCUT2D eigenvalue weighted by molar-refractivity contribution is -0.110. The Morgan fingerprint density at radius 1 is 1.00 bits per heavy atom. The highest BCUT2D eigenvalue weighted by Gasteiger charge is 2.61. The van der Waals surface area contributed by atoms with Crippen molar-refractivity contribution in [2.45, 2.75) is 57.8 Å². The molecule has 2 aromatic carbocycles. The van der Waals surface area contributed by atoms with E-state index in [-0.39, 0.29) is 17.0 Å². The van der Waals surface area contributed by atoms with Crippen LogP contribution < -0.4 is 15.2 Å². The van der Waals surface area contributed by atoms with Crippen molar-refractivity contribution in [2.24, 2.45) is 16.7 Å². The summed E-state index contributed by atoms with van der Waals surface area (Å²) < 4.78 is 11.7. The fourth-order valence-corrected chi connectivity index (χ4v) is 8.18. The Morgan fingerprint density at radius 3 is 2.36 bits per heavy atom. The third-order valence-corrected chi connectivity index (χ3v) is 8.48. The summed E-state index contributed by atoms with van der Waals surface area (Å²) >= 11 is 0. The van der Waals surface area contributed by atoms with Crippen molar-refractivity contribution in [3.63, 3.8) is 0 Å². The van der Waals surface area contributed by atoms with Crippen LogP contribution in [-0.4, -0.2) is 16.1 Å². The van der Waals surface area contributed by atoms with Crippen LogP contribution >= 0.6 is 0 Å². The van der Waals surface area contributed by atoms with Crippen molar-refractivity contribution in [3.8, 4) is 23.1 Å². The van der Waals surface area contributed by atoms with Crippen LogP contribution in [0.4, 0.5) is 5.69 Å². The number of anilines is 1. The van der Waals surface area contributed by atoms with E-state index in [2.05, 4.69) is 18.8 Å². The molecule has 0 aliphatic heterocycles. The molecule has 2 atom stereocenters. The first-order chi connectivity index (χ1) is 17.1. The van der Waals surface area contributed by atoms with Crippen LogP contribution in [0.1, 0.15) is 68.3 Å². The lowest BCUT2D eigenvalue weighted by Gasteiger charge is -2.65. The molecule has 0 spiro atoms. The molecule has 1 aromatic heterocycles. The largest absolute Gasteiger partial charge is 0.506 e. The topological polar surface area (TPSA) is 94.7 Å². The lowest BCUT2D eigenvalue weighted by Crippen LogP contribution is -2.56. The summed E-state index contributed by atoms with van der Waals surface area (Å²) in [5.41, 5.74) is 8.75. The second kappa shape index (κ2) is 7.99. The van der Waals surface area contributed by atoms with Crippen LogP contribution in [0.5, 0.6) is 23.1 Å². The zero-order valence-electron chi connectivity index (χ0n) is 20.8. The maximum absolute atomic E-state index is 12.5. The molecular formula is C30H32N2O4. The zero-order valence-corrected chi connectivity index (χ0v) is 20.8. The third-order valence-electron chi connectivity index (χ3n) is 8.48. The molecule has 36 heavy (non-hydrogen) atoms. The smallest absolute Gasteiger partial charge is 0.344 e. The monoisotopic (exact) mass is 484 g/mol. The van der Waals surface area contributed by atoms with Crippen molar-refractivity contribution < 1.29 is 19.4 Å². The Balaban J connectivity index is 1.29. The Hall–Kier alpha value is -3.54. The number of esters is 1. The zero-order chi connectivity index (χ0) is 25.1. The van der Waals surface area contributed by atoms with Crippen LogP contribution in [0.3, 0.4) is 0 Å². The highest BCUT2D eigenvalue weighted by molar-refractivity contribution is 5.91. The molecule has 4 aliphatic rings. The molecule has 4 fully saturated rings. The van der Waals surface area contributed by atoms with Crippen molar-refractivity contribution in [3.05, 3.63) is 71.9 Å². The van der Waals surface area contributed by atoms with Crippen molar-refractivity contribution >= 4 is 11.7 Å². The second-order valence-corrected chi connectivity index (χ2v) is 12.0. The molecule has 6 nitrogen and oxygen atoms in total. The second-order valence-electron chi connectivity index (χ2n) is 12.0. The van der Waals surface area contributed by atoms with Gasteiger partial charge < -0.3 is 20.3 Å². The van der Waals surface area contributed by atoms with E-state index in [4.69, 9.17) is 15.2 Å². The number of pyridine rings is 1. The van der Waals surface area contributed by atoms with E-state index in [0.29, 0.717) is 39.5 Å². The first-order valence-electron chi connectivity index (χ1n) is 12.7. The van der Waals surface area contributed by atoms with E-state index in [1.165, 1.54) is 19.3 Å². The number of hydrogen-bond donors (Lipinski definition) is 2. The van der Waals surface area contributed by atoms with Crippen LogP contribution in [-0.2, 0) is 5.41 Å². The maximum atomic E-state index is 12.5. The average molecular weight is 485 g/mol. The normalized spacial score (nSPS) is 30.2. The van der Waals surface area contributed by atoms with Gasteiger partial charge in [-0.1, -0.05) is 19.9 Å². The quantitative estimate of drug-likeness (QED) is 0.240. The molecule has 4 aliphatic carbocycles. The summed E-state index contributed by atoms with van der Waals surface area (Å²) in [6.45, 7) is 4.88. The fraction of sp³-hybridized carbons (Fsp3) is 0.400. The number of rotatable bonds is 5. The molecule has 3 N–H and O–H groups in total. The summed E-state index contributed by atoms with van der Waals surface area (Å²) in [5.74, 6) is 1.72. The maximum Gasteiger partial charge on any atom is 0.344 e. The van der Waals surface area contributed by atoms with E-state index < -0.39 is 5.97 Å². The van der Waals surface area contributed by atoms with Gasteiger partial charge in [-0.2, -0.15) is 0 Å². The highest BCUT2D eigenvalue weighted by Crippen LogP contribution is 2.70. The Kier molecular flexibility index (Phi) is 5.08. The van der Waals surface area contributed by atoms with E-state index in [9.17, 15) is 9.90 Å². The van der Waals surface area contributed by atoms with Crippen molar-refractivity contribution in [2.75, 3.05) is 5.73 Å². The third kappa shape index (κ3) is 3.98. The summed E-state index contributed by atoms with van der Waals surface area (Å²) in [6, 6.07) is 15.6. The Labute approximate surface area is 211 Å². The van der Waals surface area contributed by atoms with Gasteiger partial charge in [-0.05, 0) is 91.7 Å². The number of ether oxygens (including phenoxy) is 2. The molecule has 1 heterocycles. The molecule has 4 bridgehead atoms. The van der Waals surface area contributed by atoms with Gasteiger partial charge in [0.25, 0.3) is 0 Å². The predicted octanol–water partition coefficient (Wildman–Crippen LogP) is 6.63. The van der Waals surface area contributed by atoms with Gasteiger partial charge in [-0.25, -0.2) is 9.78 Å². The van der Waals surface area contributed by atoms with Gasteiger partial charge in [0.2, 0.25) is 5.88 Å². The van der Waals surface area contributed by atoms with Gasteiger partial charge in [0, 0.05) is 29.3 Å². The van der Waals surface area contributed by atoms with Gasteiger partial charge in [0.1, 0.15) is 17.2 Å². The van der Waals surface area contributed by atoms with E-state index in [1.807, 2.05) is 6.07 Å². The number of nitrogen functional groups attached to an aromatic ring is 1. The average Bonchev–Trinajstić information content (AvgIpc) is 2.80. The number of phenolic OH excluding ortho intramolecular Hbond substituents is 1. The number of benzene rings is 2. The fourth-order valence-electron chi connectivity index (χ4n) is 8.18. The first kappa shape index (κ1) is 22.9. The van der Waals surface area contributed by atoms with Crippen LogP contribution in [0.25, 0.3) is 0 Å². The number of hydrogen-bond acceptors (Lipinski definition) is 6. The summed E-state index contributed by atoms with van der Waals surface area (Å²) in [6.07, 6.45) is 8.81. The SMILES string of the molecule is CC12CC3CC(C)(C1)CC(c1cc(N)c(O)cc1Oc1ccc(C(=O)Oc4ccccn4)cc1)(C3)C2. The van der Waals surface area contributed by atoms with Crippen LogP contribution in [0, 0.1) is 16.7 Å². The molecule has 186 valence electrons. The minimum atomic E-state index is -0.485. The molecule has 0 amide bonds. The number of phenols is 1. The van der Waals surface area contributed by atoms with Gasteiger partial charge in [-0.3, -0.25) is 0 Å². The number of carbonyl (C=O) groups is 1. The molecule has 4 saturated carbocycles. The molecule has 3 aromatic rings. The van der Waals surface area contributed by atoms with E-state index in [1.54, 1.807) is 54.7 Å². The molecular weight excluding hydrogens is 452 g/mol. The van der Waals surface area contributed by atoms with Crippen LogP contribution in [0.2, 0.25) is 0 Å². The van der Waals surface area contributed by atoms with Gasteiger partial charge in [0.15, 0.2) is 0 Å². The van der Waals surface area contributed by atoms with E-state index >= 15 is 0 Å². The Morgan fingerprint density at radius 2 is 1.72 bits per heavy atom.